The monoisotopic (exact) mass is 305 g/mol. The molecule has 0 spiro atoms. The lowest BCUT2D eigenvalue weighted by Gasteiger charge is -2.37. The number of hydrogen-bond donors (Lipinski definition) is 0. The van der Waals surface area contributed by atoms with Crippen LogP contribution in [-0.2, 0) is 4.79 Å². The molecule has 1 saturated heterocycles. The van der Waals surface area contributed by atoms with E-state index in [-0.39, 0.29) is 28.5 Å². The molecule has 0 bridgehead atoms. The SMILES string of the molecule is CC(c1cccc([N+](=O)[O-])c1)N1CCCC(C(=O)N(C)C)C1. The van der Waals surface area contributed by atoms with E-state index in [9.17, 15) is 14.9 Å². The van der Waals surface area contributed by atoms with Gasteiger partial charge in [-0.25, -0.2) is 0 Å². The number of carbonyl (C=O) groups excluding carboxylic acids is 1. The van der Waals surface area contributed by atoms with Crippen LogP contribution in [0.2, 0.25) is 0 Å². The summed E-state index contributed by atoms with van der Waals surface area (Å²) in [6, 6.07) is 6.83. The van der Waals surface area contributed by atoms with Crippen LogP contribution in [0.4, 0.5) is 5.69 Å². The first kappa shape index (κ1) is 16.4. The van der Waals surface area contributed by atoms with Crippen molar-refractivity contribution < 1.29 is 9.72 Å². The quantitative estimate of drug-likeness (QED) is 0.633. The lowest BCUT2D eigenvalue weighted by molar-refractivity contribution is -0.385. The highest BCUT2D eigenvalue weighted by molar-refractivity contribution is 5.78. The maximum Gasteiger partial charge on any atom is 0.269 e. The molecule has 1 heterocycles. The minimum atomic E-state index is -0.370. The van der Waals surface area contributed by atoms with Crippen molar-refractivity contribution in [2.75, 3.05) is 27.2 Å². The highest BCUT2D eigenvalue weighted by Crippen LogP contribution is 2.28. The Morgan fingerprint density at radius 2 is 2.18 bits per heavy atom. The van der Waals surface area contributed by atoms with Gasteiger partial charge in [0, 0.05) is 38.8 Å². The summed E-state index contributed by atoms with van der Waals surface area (Å²) < 4.78 is 0. The standard InChI is InChI=1S/C16H23N3O3/c1-12(13-6-4-8-15(10-13)19(21)22)18-9-5-7-14(11-18)16(20)17(2)3/h4,6,8,10,12,14H,5,7,9,11H2,1-3H3. The average Bonchev–Trinajstić information content (AvgIpc) is 2.53. The van der Waals surface area contributed by atoms with Crippen molar-refractivity contribution in [2.45, 2.75) is 25.8 Å². The number of nitro groups is 1. The number of hydrogen-bond acceptors (Lipinski definition) is 4. The number of nitrogens with zero attached hydrogens (tertiary/aromatic N) is 3. The molecule has 1 aromatic rings. The van der Waals surface area contributed by atoms with Crippen molar-refractivity contribution in [3.05, 3.63) is 39.9 Å². The van der Waals surface area contributed by atoms with Crippen molar-refractivity contribution >= 4 is 11.6 Å². The molecule has 6 heteroatoms. The van der Waals surface area contributed by atoms with Crippen LogP contribution in [0.1, 0.15) is 31.4 Å². The van der Waals surface area contributed by atoms with Gasteiger partial charge in [-0.3, -0.25) is 19.8 Å². The summed E-state index contributed by atoms with van der Waals surface area (Å²) in [4.78, 5) is 26.6. The molecule has 1 aliphatic rings. The Hall–Kier alpha value is -1.95. The van der Waals surface area contributed by atoms with Crippen molar-refractivity contribution in [1.82, 2.24) is 9.80 Å². The molecule has 0 radical (unpaired) electrons. The molecule has 0 N–H and O–H groups in total. The second-order valence-corrected chi connectivity index (χ2v) is 6.09. The molecule has 2 unspecified atom stereocenters. The number of likely N-dealkylation sites (tertiary alicyclic amines) is 1. The Morgan fingerprint density at radius 3 is 2.82 bits per heavy atom. The van der Waals surface area contributed by atoms with Gasteiger partial charge in [0.15, 0.2) is 0 Å². The number of rotatable bonds is 4. The molecule has 0 aromatic heterocycles. The van der Waals surface area contributed by atoms with Gasteiger partial charge in [-0.1, -0.05) is 12.1 Å². The lowest BCUT2D eigenvalue weighted by Crippen LogP contribution is -2.43. The van der Waals surface area contributed by atoms with E-state index in [0.29, 0.717) is 6.54 Å². The minimum Gasteiger partial charge on any atom is -0.349 e. The fourth-order valence-corrected chi connectivity index (χ4v) is 3.03. The first-order chi connectivity index (χ1) is 10.4. The maximum absolute atomic E-state index is 12.2. The van der Waals surface area contributed by atoms with E-state index in [1.54, 1.807) is 31.1 Å². The fourth-order valence-electron chi connectivity index (χ4n) is 3.03. The Morgan fingerprint density at radius 1 is 1.45 bits per heavy atom. The Bertz CT molecular complexity index is 559. The Balaban J connectivity index is 2.12. The van der Waals surface area contributed by atoms with E-state index in [1.807, 2.05) is 13.0 Å². The molecule has 1 amide bonds. The summed E-state index contributed by atoms with van der Waals surface area (Å²) in [6.07, 6.45) is 1.89. The number of piperidine rings is 1. The zero-order valence-electron chi connectivity index (χ0n) is 13.4. The molecular weight excluding hydrogens is 282 g/mol. The summed E-state index contributed by atoms with van der Waals surface area (Å²) in [6.45, 7) is 3.67. The molecule has 6 nitrogen and oxygen atoms in total. The molecule has 2 rings (SSSR count). The van der Waals surface area contributed by atoms with Gasteiger partial charge in [-0.05, 0) is 31.9 Å². The summed E-state index contributed by atoms with van der Waals surface area (Å²) >= 11 is 0. The molecule has 1 aliphatic heterocycles. The van der Waals surface area contributed by atoms with Crippen LogP contribution in [0.15, 0.2) is 24.3 Å². The highest BCUT2D eigenvalue weighted by Gasteiger charge is 2.29. The maximum atomic E-state index is 12.2. The van der Waals surface area contributed by atoms with E-state index in [1.165, 1.54) is 6.07 Å². The second-order valence-electron chi connectivity index (χ2n) is 6.09. The molecule has 1 fully saturated rings. The molecule has 1 aromatic carbocycles. The third-order valence-corrected chi connectivity index (χ3v) is 4.35. The van der Waals surface area contributed by atoms with E-state index in [2.05, 4.69) is 4.90 Å². The Kier molecular flexibility index (Phi) is 5.13. The van der Waals surface area contributed by atoms with E-state index < -0.39 is 0 Å². The third-order valence-electron chi connectivity index (χ3n) is 4.35. The van der Waals surface area contributed by atoms with Gasteiger partial charge < -0.3 is 4.90 Å². The molecule has 0 saturated carbocycles. The summed E-state index contributed by atoms with van der Waals surface area (Å²) in [5.74, 6) is 0.181. The van der Waals surface area contributed by atoms with Crippen LogP contribution in [0.25, 0.3) is 0 Å². The minimum absolute atomic E-state index is 0.0184. The van der Waals surface area contributed by atoms with Gasteiger partial charge in [0.25, 0.3) is 5.69 Å². The normalized spacial score (nSPS) is 20.4. The molecule has 2 atom stereocenters. The highest BCUT2D eigenvalue weighted by atomic mass is 16.6. The summed E-state index contributed by atoms with van der Waals surface area (Å²) in [5, 5.41) is 10.9. The van der Waals surface area contributed by atoms with Crippen LogP contribution < -0.4 is 0 Å². The number of amides is 1. The van der Waals surface area contributed by atoms with Crippen LogP contribution >= 0.6 is 0 Å². The first-order valence-corrected chi connectivity index (χ1v) is 7.59. The lowest BCUT2D eigenvalue weighted by atomic mass is 9.94. The van der Waals surface area contributed by atoms with Gasteiger partial charge >= 0.3 is 0 Å². The molecule has 120 valence electrons. The first-order valence-electron chi connectivity index (χ1n) is 7.59. The van der Waals surface area contributed by atoms with Gasteiger partial charge in [0.1, 0.15) is 0 Å². The zero-order chi connectivity index (χ0) is 16.3. The number of nitro benzene ring substituents is 1. The van der Waals surface area contributed by atoms with Gasteiger partial charge in [0.05, 0.1) is 10.8 Å². The predicted molar refractivity (Wildman–Crippen MR) is 84.5 cm³/mol. The number of non-ortho nitro benzene ring substituents is 1. The fraction of sp³-hybridized carbons (Fsp3) is 0.562. The van der Waals surface area contributed by atoms with Crippen LogP contribution in [0, 0.1) is 16.0 Å². The zero-order valence-corrected chi connectivity index (χ0v) is 13.4. The molecule has 22 heavy (non-hydrogen) atoms. The van der Waals surface area contributed by atoms with Gasteiger partial charge in [-0.15, -0.1) is 0 Å². The van der Waals surface area contributed by atoms with Crippen LogP contribution in [0.5, 0.6) is 0 Å². The van der Waals surface area contributed by atoms with Crippen LogP contribution in [-0.4, -0.2) is 47.8 Å². The smallest absolute Gasteiger partial charge is 0.269 e. The van der Waals surface area contributed by atoms with Crippen molar-refractivity contribution in [3.8, 4) is 0 Å². The van der Waals surface area contributed by atoms with Crippen molar-refractivity contribution in [2.24, 2.45) is 5.92 Å². The molecular formula is C16H23N3O3. The number of carbonyl (C=O) groups is 1. The van der Waals surface area contributed by atoms with Crippen molar-refractivity contribution in [3.63, 3.8) is 0 Å². The summed E-state index contributed by atoms with van der Waals surface area (Å²) in [5.41, 5.74) is 1.04. The Labute approximate surface area is 130 Å². The van der Waals surface area contributed by atoms with Crippen molar-refractivity contribution in [1.29, 1.82) is 0 Å². The third kappa shape index (κ3) is 3.62. The topological polar surface area (TPSA) is 66.7 Å². The van der Waals surface area contributed by atoms with Crippen LogP contribution in [0.3, 0.4) is 0 Å². The predicted octanol–water partition coefficient (Wildman–Crippen LogP) is 2.46. The summed E-state index contributed by atoms with van der Waals surface area (Å²) in [7, 11) is 3.57. The average molecular weight is 305 g/mol. The number of benzene rings is 1. The van der Waals surface area contributed by atoms with Gasteiger partial charge in [0.2, 0.25) is 5.91 Å². The largest absolute Gasteiger partial charge is 0.349 e. The molecule has 0 aliphatic carbocycles. The van der Waals surface area contributed by atoms with Gasteiger partial charge in [-0.2, -0.15) is 0 Å². The van der Waals surface area contributed by atoms with E-state index in [4.69, 9.17) is 0 Å². The van der Waals surface area contributed by atoms with E-state index >= 15 is 0 Å². The van der Waals surface area contributed by atoms with E-state index in [0.717, 1.165) is 24.9 Å². The second kappa shape index (κ2) is 6.87.